The van der Waals surface area contributed by atoms with Gasteiger partial charge >= 0.3 is 0 Å². The average molecular weight is 274 g/mol. The van der Waals surface area contributed by atoms with E-state index >= 15 is 0 Å². The highest BCUT2D eigenvalue weighted by atomic mass is 19.1. The second-order valence-corrected chi connectivity index (χ2v) is 4.69. The maximum atomic E-state index is 13.0. The monoisotopic (exact) mass is 274 g/mol. The zero-order chi connectivity index (χ0) is 15.0. The van der Waals surface area contributed by atoms with Crippen LogP contribution in [0, 0.1) is 26.6 Å². The van der Waals surface area contributed by atoms with Crippen LogP contribution >= 0.6 is 0 Å². The van der Waals surface area contributed by atoms with E-state index in [4.69, 9.17) is 5.73 Å². The third-order valence-electron chi connectivity index (χ3n) is 3.56. The molecule has 2 aromatic rings. The molecule has 104 valence electrons. The van der Waals surface area contributed by atoms with Crippen LogP contribution in [0.25, 0.3) is 5.69 Å². The Kier molecular flexibility index (Phi) is 3.44. The van der Waals surface area contributed by atoms with Gasteiger partial charge in [-0.3, -0.25) is 14.2 Å². The van der Waals surface area contributed by atoms with Gasteiger partial charge in [-0.05, 0) is 56.2 Å². The summed E-state index contributed by atoms with van der Waals surface area (Å²) in [6, 6.07) is 5.51. The van der Waals surface area contributed by atoms with Gasteiger partial charge in [0.2, 0.25) is 0 Å². The number of amides is 1. The quantitative estimate of drug-likeness (QED) is 0.910. The molecule has 0 atom stereocenters. The molecule has 2 N–H and O–H groups in total. The number of primary amides is 1. The first-order valence-corrected chi connectivity index (χ1v) is 6.13. The molecule has 20 heavy (non-hydrogen) atoms. The first-order chi connectivity index (χ1) is 9.34. The molecule has 0 saturated heterocycles. The van der Waals surface area contributed by atoms with Crippen molar-refractivity contribution in [2.24, 2.45) is 5.73 Å². The van der Waals surface area contributed by atoms with Crippen molar-refractivity contribution >= 4 is 5.91 Å². The van der Waals surface area contributed by atoms with Gasteiger partial charge in [0, 0.05) is 11.4 Å². The van der Waals surface area contributed by atoms with Crippen molar-refractivity contribution in [3.63, 3.8) is 0 Å². The Hall–Kier alpha value is -2.43. The SMILES string of the molecule is Cc1c(C)c(C)n(-c2ccc(F)cc2)c(=O)c1C(N)=O. The van der Waals surface area contributed by atoms with Crippen LogP contribution in [-0.4, -0.2) is 10.5 Å². The molecule has 0 aliphatic heterocycles. The molecule has 0 unspecified atom stereocenters. The van der Waals surface area contributed by atoms with E-state index in [1.165, 1.54) is 28.8 Å². The van der Waals surface area contributed by atoms with Crippen LogP contribution in [0.1, 0.15) is 27.2 Å². The first kappa shape index (κ1) is 14.0. The van der Waals surface area contributed by atoms with E-state index in [1.807, 2.05) is 6.92 Å². The zero-order valence-electron chi connectivity index (χ0n) is 11.5. The number of carbonyl (C=O) groups excluding carboxylic acids is 1. The van der Waals surface area contributed by atoms with E-state index in [0.29, 0.717) is 16.9 Å². The summed E-state index contributed by atoms with van der Waals surface area (Å²) in [4.78, 5) is 24.0. The predicted octanol–water partition coefficient (Wildman–Crippen LogP) is 2.00. The lowest BCUT2D eigenvalue weighted by atomic mass is 10.0. The fourth-order valence-electron chi connectivity index (χ4n) is 2.24. The van der Waals surface area contributed by atoms with Gasteiger partial charge in [0.25, 0.3) is 11.5 Å². The molecule has 0 fully saturated rings. The Bertz CT molecular complexity index is 746. The average Bonchev–Trinajstić information content (AvgIpc) is 2.38. The van der Waals surface area contributed by atoms with E-state index in [1.54, 1.807) is 13.8 Å². The smallest absolute Gasteiger partial charge is 0.268 e. The van der Waals surface area contributed by atoms with Gasteiger partial charge in [0.05, 0.1) is 0 Å². The van der Waals surface area contributed by atoms with Crippen molar-refractivity contribution in [3.05, 3.63) is 62.8 Å². The minimum Gasteiger partial charge on any atom is -0.365 e. The molecule has 0 saturated carbocycles. The maximum absolute atomic E-state index is 13.0. The van der Waals surface area contributed by atoms with Crippen LogP contribution in [0.15, 0.2) is 29.1 Å². The van der Waals surface area contributed by atoms with Gasteiger partial charge < -0.3 is 5.73 Å². The first-order valence-electron chi connectivity index (χ1n) is 6.13. The fraction of sp³-hybridized carbons (Fsp3) is 0.200. The summed E-state index contributed by atoms with van der Waals surface area (Å²) in [6.45, 7) is 5.28. The van der Waals surface area contributed by atoms with E-state index in [0.717, 1.165) is 5.56 Å². The Morgan fingerprint density at radius 1 is 1.10 bits per heavy atom. The van der Waals surface area contributed by atoms with Crippen LogP contribution in [0.5, 0.6) is 0 Å². The molecule has 0 aliphatic carbocycles. The lowest BCUT2D eigenvalue weighted by molar-refractivity contribution is 0.0998. The minimum absolute atomic E-state index is 0.0302. The normalized spacial score (nSPS) is 10.6. The standard InChI is InChI=1S/C15H15FN2O2/c1-8-9(2)13(14(17)19)15(20)18(10(8)3)12-6-4-11(16)5-7-12/h4-7H,1-3H3,(H2,17,19). The molecule has 1 aromatic heterocycles. The van der Waals surface area contributed by atoms with E-state index in [2.05, 4.69) is 0 Å². The lowest BCUT2D eigenvalue weighted by Crippen LogP contribution is -2.32. The molecular formula is C15H15FN2O2. The topological polar surface area (TPSA) is 65.1 Å². The molecule has 4 nitrogen and oxygen atoms in total. The number of halogens is 1. The van der Waals surface area contributed by atoms with E-state index in [-0.39, 0.29) is 5.56 Å². The van der Waals surface area contributed by atoms with Crippen molar-refractivity contribution in [1.82, 2.24) is 4.57 Å². The summed E-state index contributed by atoms with van der Waals surface area (Å²) in [7, 11) is 0. The highest BCUT2D eigenvalue weighted by molar-refractivity contribution is 5.94. The largest absolute Gasteiger partial charge is 0.365 e. The Labute approximate surface area is 115 Å². The molecule has 1 amide bonds. The van der Waals surface area contributed by atoms with E-state index in [9.17, 15) is 14.0 Å². The third-order valence-corrected chi connectivity index (χ3v) is 3.56. The van der Waals surface area contributed by atoms with Crippen LogP contribution in [0.4, 0.5) is 4.39 Å². The molecule has 1 aromatic carbocycles. The highest BCUT2D eigenvalue weighted by Gasteiger charge is 2.18. The summed E-state index contributed by atoms with van der Waals surface area (Å²) < 4.78 is 14.4. The number of rotatable bonds is 2. The molecular weight excluding hydrogens is 259 g/mol. The van der Waals surface area contributed by atoms with Crippen LogP contribution in [0.2, 0.25) is 0 Å². The minimum atomic E-state index is -0.758. The molecule has 2 rings (SSSR count). The highest BCUT2D eigenvalue weighted by Crippen LogP contribution is 2.17. The Morgan fingerprint density at radius 3 is 2.15 bits per heavy atom. The number of benzene rings is 1. The molecule has 0 radical (unpaired) electrons. The molecule has 0 aliphatic rings. The summed E-state index contributed by atoms with van der Waals surface area (Å²) in [5.41, 5.74) is 7.37. The van der Waals surface area contributed by atoms with Crippen molar-refractivity contribution in [3.8, 4) is 5.69 Å². The van der Waals surface area contributed by atoms with Crippen LogP contribution in [0.3, 0.4) is 0 Å². The number of aromatic nitrogens is 1. The summed E-state index contributed by atoms with van der Waals surface area (Å²) in [5, 5.41) is 0. The molecule has 0 spiro atoms. The summed E-state index contributed by atoms with van der Waals surface area (Å²) in [5.74, 6) is -1.15. The Morgan fingerprint density at radius 2 is 1.65 bits per heavy atom. The van der Waals surface area contributed by atoms with Gasteiger partial charge in [0.15, 0.2) is 0 Å². The molecule has 5 heteroatoms. The van der Waals surface area contributed by atoms with Gasteiger partial charge in [-0.15, -0.1) is 0 Å². The number of hydrogen-bond acceptors (Lipinski definition) is 2. The van der Waals surface area contributed by atoms with Crippen LogP contribution in [-0.2, 0) is 0 Å². The van der Waals surface area contributed by atoms with Gasteiger partial charge in [-0.2, -0.15) is 0 Å². The number of pyridine rings is 1. The third kappa shape index (κ3) is 2.11. The second-order valence-electron chi connectivity index (χ2n) is 4.69. The predicted molar refractivity (Wildman–Crippen MR) is 74.7 cm³/mol. The fourth-order valence-corrected chi connectivity index (χ4v) is 2.24. The van der Waals surface area contributed by atoms with Crippen molar-refractivity contribution in [1.29, 1.82) is 0 Å². The van der Waals surface area contributed by atoms with Crippen molar-refractivity contribution < 1.29 is 9.18 Å². The van der Waals surface area contributed by atoms with E-state index < -0.39 is 17.3 Å². The lowest BCUT2D eigenvalue weighted by Gasteiger charge is -2.16. The summed E-state index contributed by atoms with van der Waals surface area (Å²) in [6.07, 6.45) is 0. The number of hydrogen-bond donors (Lipinski definition) is 1. The number of nitrogens with zero attached hydrogens (tertiary/aromatic N) is 1. The zero-order valence-corrected chi connectivity index (χ0v) is 11.5. The van der Waals surface area contributed by atoms with Gasteiger partial charge in [-0.25, -0.2) is 4.39 Å². The maximum Gasteiger partial charge on any atom is 0.268 e. The van der Waals surface area contributed by atoms with Gasteiger partial charge in [-0.1, -0.05) is 0 Å². The van der Waals surface area contributed by atoms with Crippen LogP contribution < -0.4 is 11.3 Å². The Balaban J connectivity index is 2.86. The van der Waals surface area contributed by atoms with Crippen molar-refractivity contribution in [2.75, 3.05) is 0 Å². The number of nitrogens with two attached hydrogens (primary N) is 1. The van der Waals surface area contributed by atoms with Crippen molar-refractivity contribution in [2.45, 2.75) is 20.8 Å². The molecule has 0 bridgehead atoms. The molecule has 1 heterocycles. The number of carbonyl (C=O) groups is 1. The second kappa shape index (κ2) is 4.92. The summed E-state index contributed by atoms with van der Waals surface area (Å²) >= 11 is 0. The van der Waals surface area contributed by atoms with Gasteiger partial charge in [0.1, 0.15) is 11.4 Å².